The van der Waals surface area contributed by atoms with Crippen molar-refractivity contribution in [2.45, 2.75) is 84.2 Å². The molecule has 0 bridgehead atoms. The quantitative estimate of drug-likeness (QED) is 0.381. The lowest BCUT2D eigenvalue weighted by atomic mass is 10.0. The molecule has 4 nitrogen and oxygen atoms in total. The van der Waals surface area contributed by atoms with Crippen LogP contribution in [-0.4, -0.2) is 24.4 Å². The summed E-state index contributed by atoms with van der Waals surface area (Å²) in [6.07, 6.45) is 7.83. The van der Waals surface area contributed by atoms with Gasteiger partial charge in [0.15, 0.2) is 6.04 Å². The van der Waals surface area contributed by atoms with Gasteiger partial charge in [0, 0.05) is 24.8 Å². The minimum atomic E-state index is -0.226. The van der Waals surface area contributed by atoms with E-state index in [9.17, 15) is 9.59 Å². The number of esters is 1. The Morgan fingerprint density at radius 2 is 1.65 bits per heavy atom. The van der Waals surface area contributed by atoms with Gasteiger partial charge in [0.25, 0.3) is 0 Å². The van der Waals surface area contributed by atoms with Crippen LogP contribution in [0.25, 0.3) is 0 Å². The molecule has 1 rings (SSSR count). The minimum absolute atomic E-state index is 0.146. The van der Waals surface area contributed by atoms with E-state index in [4.69, 9.17) is 4.74 Å². The molecule has 4 heteroatoms. The van der Waals surface area contributed by atoms with Crippen molar-refractivity contribution >= 4 is 11.8 Å². The van der Waals surface area contributed by atoms with Crippen molar-refractivity contribution in [3.63, 3.8) is 0 Å². The fourth-order valence-electron chi connectivity index (χ4n) is 2.86. The zero-order chi connectivity index (χ0) is 19.0. The highest BCUT2D eigenvalue weighted by atomic mass is 16.5. The zero-order valence-corrected chi connectivity index (χ0v) is 16.5. The Balaban J connectivity index is 2.43. The van der Waals surface area contributed by atoms with Gasteiger partial charge in [-0.05, 0) is 19.3 Å². The predicted molar refractivity (Wildman–Crippen MR) is 105 cm³/mol. The third-order valence-corrected chi connectivity index (χ3v) is 4.56. The Bertz CT molecular complexity index is 501. The summed E-state index contributed by atoms with van der Waals surface area (Å²) >= 11 is 0. The number of unbranched alkanes of at least 4 members (excludes halogenated alkanes) is 3. The first kappa shape index (κ1) is 22.4. The topological polar surface area (TPSA) is 60.0 Å². The predicted octanol–water partition coefficient (Wildman–Crippen LogP) is 3.78. The molecule has 26 heavy (non-hydrogen) atoms. The average Bonchev–Trinajstić information content (AvgIpc) is 2.65. The number of Topliss-reactive ketones (excluding diaryl/α,β-unsaturated/α-hetero) is 1. The zero-order valence-electron chi connectivity index (χ0n) is 16.5. The molecule has 0 aliphatic carbocycles. The van der Waals surface area contributed by atoms with E-state index in [-0.39, 0.29) is 12.0 Å². The van der Waals surface area contributed by atoms with Crippen LogP contribution in [0.5, 0.6) is 0 Å². The van der Waals surface area contributed by atoms with E-state index in [1.54, 1.807) is 0 Å². The van der Waals surface area contributed by atoms with Gasteiger partial charge >= 0.3 is 5.97 Å². The second kappa shape index (κ2) is 14.5. The van der Waals surface area contributed by atoms with Crippen molar-refractivity contribution in [2.24, 2.45) is 0 Å². The van der Waals surface area contributed by atoms with Crippen LogP contribution in [-0.2, 0) is 20.9 Å². The summed E-state index contributed by atoms with van der Waals surface area (Å²) in [5.41, 5.74) is 1.19. The first-order chi connectivity index (χ1) is 12.7. The highest BCUT2D eigenvalue weighted by molar-refractivity contribution is 5.78. The molecule has 0 aromatic heterocycles. The maximum absolute atomic E-state index is 12.4. The van der Waals surface area contributed by atoms with Crippen LogP contribution in [0.1, 0.15) is 77.2 Å². The number of hydrogen-bond acceptors (Lipinski definition) is 3. The summed E-state index contributed by atoms with van der Waals surface area (Å²) in [6.45, 7) is 5.46. The van der Waals surface area contributed by atoms with E-state index in [0.717, 1.165) is 45.1 Å². The number of benzene rings is 1. The van der Waals surface area contributed by atoms with Gasteiger partial charge in [0.2, 0.25) is 0 Å². The lowest BCUT2D eigenvalue weighted by molar-refractivity contribution is -0.694. The molecule has 1 atom stereocenters. The summed E-state index contributed by atoms with van der Waals surface area (Å²) in [5.74, 6) is 0.174. The molecule has 0 aliphatic heterocycles. The standard InChI is InChI=1S/C22H35NO3/c1-3-5-8-14-20(24)15-11-16-21(22(25)26-17-6-4-2)23-18-19-12-9-7-10-13-19/h7,9-10,12-13,21,23H,3-6,8,11,14-18H2,1-2H3/p+1. The molecular formula is C22H36NO3+. The number of quaternary nitrogens is 1. The van der Waals surface area contributed by atoms with Crippen molar-refractivity contribution < 1.29 is 19.6 Å². The normalized spacial score (nSPS) is 11.9. The number of ether oxygens (including phenoxy) is 1. The molecule has 0 fully saturated rings. The molecule has 0 spiro atoms. The summed E-state index contributed by atoms with van der Waals surface area (Å²) in [5, 5.41) is 2.05. The number of ketones is 1. The molecule has 0 saturated heterocycles. The first-order valence-electron chi connectivity index (χ1n) is 10.2. The largest absolute Gasteiger partial charge is 0.461 e. The molecule has 0 amide bonds. The third kappa shape index (κ3) is 10.3. The number of carbonyl (C=O) groups is 2. The lowest BCUT2D eigenvalue weighted by Gasteiger charge is -2.15. The Labute approximate surface area is 158 Å². The summed E-state index contributed by atoms with van der Waals surface area (Å²) in [4.78, 5) is 24.3. The third-order valence-electron chi connectivity index (χ3n) is 4.56. The van der Waals surface area contributed by atoms with Crippen LogP contribution in [0.2, 0.25) is 0 Å². The maximum atomic E-state index is 12.4. The number of rotatable bonds is 15. The highest BCUT2D eigenvalue weighted by Crippen LogP contribution is 2.07. The number of carbonyl (C=O) groups excluding carboxylic acids is 2. The van der Waals surface area contributed by atoms with Crippen LogP contribution in [0, 0.1) is 0 Å². The second-order valence-corrected chi connectivity index (χ2v) is 6.94. The Morgan fingerprint density at radius 1 is 0.962 bits per heavy atom. The van der Waals surface area contributed by atoms with Gasteiger partial charge in [-0.15, -0.1) is 0 Å². The fourth-order valence-corrected chi connectivity index (χ4v) is 2.86. The van der Waals surface area contributed by atoms with E-state index in [0.29, 0.717) is 31.7 Å². The van der Waals surface area contributed by atoms with Crippen molar-refractivity contribution in [2.75, 3.05) is 6.61 Å². The van der Waals surface area contributed by atoms with Gasteiger partial charge in [-0.3, -0.25) is 4.79 Å². The molecule has 0 heterocycles. The van der Waals surface area contributed by atoms with Gasteiger partial charge < -0.3 is 10.1 Å². The second-order valence-electron chi connectivity index (χ2n) is 6.94. The van der Waals surface area contributed by atoms with Crippen molar-refractivity contribution in [3.8, 4) is 0 Å². The molecule has 2 N–H and O–H groups in total. The van der Waals surface area contributed by atoms with Gasteiger partial charge in [-0.25, -0.2) is 4.79 Å². The molecule has 0 aliphatic rings. The summed E-state index contributed by atoms with van der Waals surface area (Å²) in [7, 11) is 0. The van der Waals surface area contributed by atoms with Crippen LogP contribution in [0.3, 0.4) is 0 Å². The SMILES string of the molecule is CCCCCC(=O)CCCC([NH2+]Cc1ccccc1)C(=O)OCCCC. The molecular weight excluding hydrogens is 326 g/mol. The molecule has 0 radical (unpaired) electrons. The molecule has 1 unspecified atom stereocenters. The number of hydrogen-bond donors (Lipinski definition) is 1. The molecule has 1 aromatic rings. The van der Waals surface area contributed by atoms with Crippen LogP contribution in [0.15, 0.2) is 30.3 Å². The van der Waals surface area contributed by atoms with Crippen molar-refractivity contribution in [1.82, 2.24) is 0 Å². The smallest absolute Gasteiger partial charge is 0.364 e. The van der Waals surface area contributed by atoms with Gasteiger partial charge in [0.05, 0.1) is 6.61 Å². The highest BCUT2D eigenvalue weighted by Gasteiger charge is 2.23. The van der Waals surface area contributed by atoms with E-state index >= 15 is 0 Å². The lowest BCUT2D eigenvalue weighted by Crippen LogP contribution is -2.90. The van der Waals surface area contributed by atoms with Crippen molar-refractivity contribution in [1.29, 1.82) is 0 Å². The summed E-state index contributed by atoms with van der Waals surface area (Å²) in [6, 6.07) is 9.90. The summed E-state index contributed by atoms with van der Waals surface area (Å²) < 4.78 is 5.41. The van der Waals surface area contributed by atoms with Crippen molar-refractivity contribution in [3.05, 3.63) is 35.9 Å². The van der Waals surface area contributed by atoms with E-state index in [1.807, 2.05) is 23.5 Å². The minimum Gasteiger partial charge on any atom is -0.461 e. The molecule has 0 saturated carbocycles. The molecule has 146 valence electrons. The Hall–Kier alpha value is -1.68. The van der Waals surface area contributed by atoms with Gasteiger partial charge in [0.1, 0.15) is 12.3 Å². The Kier molecular flexibility index (Phi) is 12.5. The monoisotopic (exact) mass is 362 g/mol. The fraction of sp³-hybridized carbons (Fsp3) is 0.636. The number of nitrogens with two attached hydrogens (primary N) is 1. The molecule has 1 aromatic carbocycles. The van der Waals surface area contributed by atoms with Crippen LogP contribution in [0.4, 0.5) is 0 Å². The van der Waals surface area contributed by atoms with Crippen LogP contribution >= 0.6 is 0 Å². The van der Waals surface area contributed by atoms with E-state index in [2.05, 4.69) is 26.0 Å². The Morgan fingerprint density at radius 3 is 2.35 bits per heavy atom. The van der Waals surface area contributed by atoms with Gasteiger partial charge in [-0.1, -0.05) is 63.4 Å². The van der Waals surface area contributed by atoms with E-state index < -0.39 is 0 Å². The average molecular weight is 363 g/mol. The van der Waals surface area contributed by atoms with E-state index in [1.165, 1.54) is 5.56 Å². The van der Waals surface area contributed by atoms with Gasteiger partial charge in [-0.2, -0.15) is 0 Å². The maximum Gasteiger partial charge on any atom is 0.364 e. The van der Waals surface area contributed by atoms with Crippen LogP contribution < -0.4 is 5.32 Å². The first-order valence-corrected chi connectivity index (χ1v) is 10.2.